The van der Waals surface area contributed by atoms with E-state index in [2.05, 4.69) is 36.7 Å². The lowest BCUT2D eigenvalue weighted by molar-refractivity contribution is -0.125. The van der Waals surface area contributed by atoms with Crippen molar-refractivity contribution in [2.24, 2.45) is 0 Å². The Hall–Kier alpha value is -4.47. The number of amides is 1. The number of likely N-dealkylation sites (N-methyl/N-ethyl adjacent to an activating group) is 1. The smallest absolute Gasteiger partial charge is 0.324 e. The average molecular weight is 732 g/mol. The van der Waals surface area contributed by atoms with E-state index in [1.165, 1.54) is 18.5 Å². The van der Waals surface area contributed by atoms with Gasteiger partial charge in [-0.25, -0.2) is 13.2 Å². The summed E-state index contributed by atoms with van der Waals surface area (Å²) in [7, 11) is 1.84. The predicted molar refractivity (Wildman–Crippen MR) is 187 cm³/mol. The maximum absolute atomic E-state index is 16.8. The highest BCUT2D eigenvalue weighted by Gasteiger charge is 2.47. The second-order valence-corrected chi connectivity index (χ2v) is 13.4. The number of anilines is 1. The number of pyridine rings is 1. The number of hydrogen-bond acceptors (Lipinski definition) is 7. The van der Waals surface area contributed by atoms with Crippen molar-refractivity contribution >= 4 is 49.3 Å². The summed E-state index contributed by atoms with van der Waals surface area (Å²) in [5.41, 5.74) is -0.187. The van der Waals surface area contributed by atoms with Crippen LogP contribution in [0.5, 0.6) is 6.01 Å². The third-order valence-corrected chi connectivity index (χ3v) is 10.3. The van der Waals surface area contributed by atoms with E-state index < -0.39 is 23.3 Å². The molecule has 0 aliphatic carbocycles. The Bertz CT molecular complexity index is 2050. The number of hydrogen-bond donors (Lipinski definition) is 0. The molecule has 8 nitrogen and oxygen atoms in total. The van der Waals surface area contributed by atoms with Crippen molar-refractivity contribution < 1.29 is 22.7 Å². The summed E-state index contributed by atoms with van der Waals surface area (Å²) in [6, 6.07) is 7.81. The Kier molecular flexibility index (Phi) is 9.07. The Labute approximate surface area is 290 Å². The van der Waals surface area contributed by atoms with E-state index in [9.17, 15) is 13.6 Å². The summed E-state index contributed by atoms with van der Waals surface area (Å²) in [5.74, 6) is 1.36. The number of nitrogens with zero attached hydrogens (tertiary/aromatic N) is 6. The SMILES string of the molecule is C#Cc1c(F)ccc2cccc(-c3ncc4c(N(C)[C@@H]5CCN(C(=O)/C=C/CBr)C5)nc(O/C=C/C56CCCN5C[C@H](F)C6)nc4c3F)c12. The number of likely N-dealkylation sites (tertiary alicyclic amines) is 1. The molecule has 2 aromatic heterocycles. The molecule has 7 rings (SSSR count). The number of alkyl halides is 2. The number of terminal acetylenes is 1. The van der Waals surface area contributed by atoms with Crippen LogP contribution < -0.4 is 9.64 Å². The maximum Gasteiger partial charge on any atom is 0.324 e. The monoisotopic (exact) mass is 730 g/mol. The second kappa shape index (κ2) is 13.4. The molecule has 3 aliphatic rings. The predicted octanol–water partition coefficient (Wildman–Crippen LogP) is 6.56. The van der Waals surface area contributed by atoms with Crippen LogP contribution in [0.1, 0.15) is 31.2 Å². The number of rotatable bonds is 8. The van der Waals surface area contributed by atoms with Gasteiger partial charge in [-0.05, 0) is 49.4 Å². The third kappa shape index (κ3) is 6.04. The van der Waals surface area contributed by atoms with Crippen LogP contribution in [0, 0.1) is 24.0 Å². The highest BCUT2D eigenvalue weighted by molar-refractivity contribution is 9.09. The number of aromatic nitrogens is 3. The van der Waals surface area contributed by atoms with Gasteiger partial charge in [-0.1, -0.05) is 52.2 Å². The van der Waals surface area contributed by atoms with E-state index in [4.69, 9.17) is 16.1 Å². The lowest BCUT2D eigenvalue weighted by atomic mass is 9.94. The van der Waals surface area contributed by atoms with Gasteiger partial charge < -0.3 is 14.5 Å². The molecule has 0 bridgehead atoms. The fourth-order valence-corrected chi connectivity index (χ4v) is 7.72. The van der Waals surface area contributed by atoms with Crippen LogP contribution in [0.4, 0.5) is 19.0 Å². The normalized spacial score (nSPS) is 22.5. The van der Waals surface area contributed by atoms with Gasteiger partial charge in [0.1, 0.15) is 29.0 Å². The van der Waals surface area contributed by atoms with E-state index in [1.807, 2.05) is 18.0 Å². The summed E-state index contributed by atoms with van der Waals surface area (Å²) in [5, 5.41) is 1.92. The Balaban J connectivity index is 1.31. The fourth-order valence-electron chi connectivity index (χ4n) is 7.53. The maximum atomic E-state index is 16.8. The third-order valence-electron chi connectivity index (χ3n) is 9.96. The highest BCUT2D eigenvalue weighted by atomic mass is 79.9. The van der Waals surface area contributed by atoms with Gasteiger partial charge in [-0.2, -0.15) is 9.97 Å². The molecule has 1 unspecified atom stereocenters. The molecule has 0 N–H and O–H groups in total. The van der Waals surface area contributed by atoms with Gasteiger partial charge in [0.05, 0.1) is 17.2 Å². The summed E-state index contributed by atoms with van der Waals surface area (Å²) >= 11 is 3.30. The van der Waals surface area contributed by atoms with Crippen molar-refractivity contribution in [3.63, 3.8) is 0 Å². The Morgan fingerprint density at radius 1 is 1.22 bits per heavy atom. The first kappa shape index (κ1) is 33.0. The van der Waals surface area contributed by atoms with Crippen molar-refractivity contribution in [3.8, 4) is 29.6 Å². The first-order valence-electron chi connectivity index (χ1n) is 16.2. The van der Waals surface area contributed by atoms with E-state index in [1.54, 1.807) is 41.3 Å². The van der Waals surface area contributed by atoms with Crippen LogP contribution in [0.15, 0.2) is 61.0 Å². The van der Waals surface area contributed by atoms with Crippen LogP contribution in [-0.2, 0) is 4.79 Å². The topological polar surface area (TPSA) is 74.7 Å². The number of carbonyl (C=O) groups is 1. The molecule has 0 spiro atoms. The van der Waals surface area contributed by atoms with Gasteiger partial charge in [0.25, 0.3) is 0 Å². The molecule has 3 aliphatic heterocycles. The van der Waals surface area contributed by atoms with Gasteiger partial charge in [0.2, 0.25) is 5.91 Å². The first-order chi connectivity index (χ1) is 23.7. The minimum atomic E-state index is -0.910. The second-order valence-electron chi connectivity index (χ2n) is 12.8. The molecule has 12 heteroatoms. The molecular weight excluding hydrogens is 697 g/mol. The van der Waals surface area contributed by atoms with Crippen molar-refractivity contribution in [1.29, 1.82) is 0 Å². The molecule has 3 atom stereocenters. The summed E-state index contributed by atoms with van der Waals surface area (Å²) in [6.07, 6.45) is 15.7. The number of fused-ring (bicyclic) bond motifs is 3. The van der Waals surface area contributed by atoms with Crippen molar-refractivity contribution in [3.05, 3.63) is 78.2 Å². The van der Waals surface area contributed by atoms with E-state index >= 15 is 4.39 Å². The van der Waals surface area contributed by atoms with Crippen LogP contribution in [0.25, 0.3) is 32.9 Å². The van der Waals surface area contributed by atoms with Crippen molar-refractivity contribution in [2.75, 3.05) is 43.5 Å². The largest absolute Gasteiger partial charge is 0.432 e. The zero-order valence-electron chi connectivity index (χ0n) is 26.9. The summed E-state index contributed by atoms with van der Waals surface area (Å²) < 4.78 is 52.0. The lowest BCUT2D eigenvalue weighted by Gasteiger charge is -2.28. The Morgan fingerprint density at radius 3 is 2.90 bits per heavy atom. The molecule has 3 fully saturated rings. The van der Waals surface area contributed by atoms with E-state index in [0.29, 0.717) is 65.3 Å². The summed E-state index contributed by atoms with van der Waals surface area (Å²) in [4.78, 5) is 32.2. The van der Waals surface area contributed by atoms with Gasteiger partial charge >= 0.3 is 6.01 Å². The molecule has 1 amide bonds. The van der Waals surface area contributed by atoms with Crippen molar-refractivity contribution in [1.82, 2.24) is 24.8 Å². The number of halogens is 4. The minimum absolute atomic E-state index is 0.0146. The van der Waals surface area contributed by atoms with Crippen LogP contribution in [0.2, 0.25) is 0 Å². The number of ether oxygens (including phenoxy) is 1. The fraction of sp³-hybridized carbons (Fsp3) is 0.351. The van der Waals surface area contributed by atoms with Gasteiger partial charge in [-0.3, -0.25) is 14.7 Å². The highest BCUT2D eigenvalue weighted by Crippen LogP contribution is 2.41. The minimum Gasteiger partial charge on any atom is -0.432 e. The number of allylic oxidation sites excluding steroid dienone is 1. The molecule has 3 saturated heterocycles. The quantitative estimate of drug-likeness (QED) is 0.0880. The first-order valence-corrected chi connectivity index (χ1v) is 17.4. The molecule has 2 aromatic carbocycles. The standard InChI is InChI=1S/C37H34BrF3N6O2/c1-3-26-29(40)11-10-23-7-4-8-27(31(23)26)33-32(41)34-28(20-42-33)35(45(2)25-12-17-46(22-25)30(48)9-5-15-38)44-36(43-34)49-18-14-37-13-6-16-47(37)21-24(39)19-37/h1,4-5,7-11,14,18,20,24-25H,6,12-13,15-17,19,21-22H2,2H3/b9-5+,18-14+/t24-,25-,37?/m1/s1. The molecule has 4 aromatic rings. The van der Waals surface area contributed by atoms with E-state index in [0.717, 1.165) is 19.4 Å². The van der Waals surface area contributed by atoms with Crippen LogP contribution in [-0.4, -0.2) is 87.0 Å². The Morgan fingerprint density at radius 2 is 2.08 bits per heavy atom. The number of carbonyl (C=O) groups excluding carboxylic acids is 1. The molecule has 0 saturated carbocycles. The van der Waals surface area contributed by atoms with E-state index in [-0.39, 0.29) is 34.7 Å². The lowest BCUT2D eigenvalue weighted by Crippen LogP contribution is -2.36. The van der Waals surface area contributed by atoms with Gasteiger partial charge in [0, 0.05) is 67.2 Å². The van der Waals surface area contributed by atoms with Crippen LogP contribution in [0.3, 0.4) is 0 Å². The molecular formula is C37H34BrF3N6O2. The molecule has 49 heavy (non-hydrogen) atoms. The molecule has 252 valence electrons. The van der Waals surface area contributed by atoms with Crippen LogP contribution >= 0.6 is 15.9 Å². The zero-order chi connectivity index (χ0) is 34.3. The van der Waals surface area contributed by atoms with Crippen molar-refractivity contribution in [2.45, 2.75) is 43.4 Å². The summed E-state index contributed by atoms with van der Waals surface area (Å²) in [6.45, 7) is 2.20. The zero-order valence-corrected chi connectivity index (χ0v) is 28.5. The average Bonchev–Trinajstić information content (AvgIpc) is 3.82. The molecule has 5 heterocycles. The molecule has 0 radical (unpaired) electrons. The number of benzene rings is 2. The van der Waals surface area contributed by atoms with Gasteiger partial charge in [0.15, 0.2) is 5.82 Å². The van der Waals surface area contributed by atoms with Gasteiger partial charge in [-0.15, -0.1) is 6.42 Å².